The van der Waals surface area contributed by atoms with Crippen molar-refractivity contribution in [2.45, 2.75) is 70.3 Å². The molecule has 0 spiro atoms. The Morgan fingerprint density at radius 3 is 2.61 bits per heavy atom. The van der Waals surface area contributed by atoms with Gasteiger partial charge < -0.3 is 15.7 Å². The first-order valence-electron chi connectivity index (χ1n) is 10.7. The lowest BCUT2D eigenvalue weighted by Gasteiger charge is -2.28. The molecule has 0 aliphatic heterocycles. The van der Waals surface area contributed by atoms with Gasteiger partial charge in [-0.3, -0.25) is 9.48 Å². The van der Waals surface area contributed by atoms with Crippen molar-refractivity contribution in [3.05, 3.63) is 35.9 Å². The third-order valence-electron chi connectivity index (χ3n) is 5.59. The molecule has 0 aromatic carbocycles. The number of aliphatic hydroxyl groups is 1. The predicted molar refractivity (Wildman–Crippen MR) is 115 cm³/mol. The number of alkyl halides is 3. The summed E-state index contributed by atoms with van der Waals surface area (Å²) in [6, 6.07) is 1.50. The highest BCUT2D eigenvalue weighted by molar-refractivity contribution is 6.08. The van der Waals surface area contributed by atoms with Gasteiger partial charge >= 0.3 is 6.18 Å². The Morgan fingerprint density at radius 2 is 1.94 bits per heavy atom. The Kier molecular flexibility index (Phi) is 5.81. The van der Waals surface area contributed by atoms with Gasteiger partial charge in [0, 0.05) is 12.4 Å². The van der Waals surface area contributed by atoms with Gasteiger partial charge in [-0.1, -0.05) is 12.8 Å². The van der Waals surface area contributed by atoms with Crippen LogP contribution in [0.2, 0.25) is 0 Å². The minimum absolute atomic E-state index is 0.0134. The van der Waals surface area contributed by atoms with Crippen molar-refractivity contribution in [2.75, 3.05) is 10.6 Å². The number of fused-ring (bicyclic) bond motifs is 1. The zero-order chi connectivity index (χ0) is 24.0. The molecule has 1 fully saturated rings. The van der Waals surface area contributed by atoms with Crippen LogP contribution < -0.4 is 10.6 Å². The van der Waals surface area contributed by atoms with E-state index in [1.165, 1.54) is 10.7 Å². The minimum Gasteiger partial charge on any atom is -0.391 e. The summed E-state index contributed by atoms with van der Waals surface area (Å²) in [4.78, 5) is 17.3. The van der Waals surface area contributed by atoms with Crippen molar-refractivity contribution in [2.24, 2.45) is 0 Å². The SMILES string of the molecule is CC(C)(C)n1cc(NC(=O)c2cnn3ccc(N[C@@H]4CCCC[C@@H]4O)nc23)c(C(F)(F)F)n1. The highest BCUT2D eigenvalue weighted by Crippen LogP contribution is 2.35. The summed E-state index contributed by atoms with van der Waals surface area (Å²) >= 11 is 0. The number of amides is 1. The Labute approximate surface area is 188 Å². The fourth-order valence-corrected chi connectivity index (χ4v) is 3.79. The van der Waals surface area contributed by atoms with Gasteiger partial charge in [0.05, 0.1) is 29.6 Å². The number of hydrogen-bond acceptors (Lipinski definition) is 6. The summed E-state index contributed by atoms with van der Waals surface area (Å²) in [5.41, 5.74) is -2.14. The summed E-state index contributed by atoms with van der Waals surface area (Å²) < 4.78 is 43.1. The van der Waals surface area contributed by atoms with Crippen LogP contribution >= 0.6 is 0 Å². The predicted octanol–water partition coefficient (Wildman–Crippen LogP) is 3.67. The fourth-order valence-electron chi connectivity index (χ4n) is 3.79. The van der Waals surface area contributed by atoms with Gasteiger partial charge in [0.2, 0.25) is 0 Å². The molecule has 3 aromatic rings. The molecule has 1 aliphatic carbocycles. The van der Waals surface area contributed by atoms with Crippen molar-refractivity contribution in [1.82, 2.24) is 24.4 Å². The van der Waals surface area contributed by atoms with Crippen LogP contribution in [0.25, 0.3) is 5.65 Å². The summed E-state index contributed by atoms with van der Waals surface area (Å²) in [5.74, 6) is -0.342. The monoisotopic (exact) mass is 465 g/mol. The number of nitrogens with zero attached hydrogens (tertiary/aromatic N) is 5. The topological polar surface area (TPSA) is 109 Å². The third-order valence-corrected chi connectivity index (χ3v) is 5.59. The van der Waals surface area contributed by atoms with Crippen LogP contribution in [0.15, 0.2) is 24.7 Å². The highest BCUT2D eigenvalue weighted by atomic mass is 19.4. The van der Waals surface area contributed by atoms with Crippen LogP contribution in [0, 0.1) is 0 Å². The standard InChI is InChI=1S/C21H26F3N7O2/c1-20(2,3)31-11-14(17(29-31)21(22,23)24)27-19(33)12-10-25-30-9-8-16(28-18(12)30)26-13-6-4-5-7-15(13)32/h8-11,13,15,32H,4-7H2,1-3H3,(H,26,28)(H,27,33)/t13-,15+/m1/s1. The van der Waals surface area contributed by atoms with Crippen molar-refractivity contribution >= 4 is 23.1 Å². The van der Waals surface area contributed by atoms with E-state index in [0.29, 0.717) is 12.2 Å². The van der Waals surface area contributed by atoms with Crippen LogP contribution in [0.5, 0.6) is 0 Å². The second kappa shape index (κ2) is 8.32. The Balaban J connectivity index is 1.62. The van der Waals surface area contributed by atoms with Gasteiger partial charge in [-0.2, -0.15) is 23.4 Å². The molecule has 3 aromatic heterocycles. The number of anilines is 2. The molecule has 0 unspecified atom stereocenters. The number of halogens is 3. The Morgan fingerprint density at radius 1 is 1.21 bits per heavy atom. The zero-order valence-corrected chi connectivity index (χ0v) is 18.5. The highest BCUT2D eigenvalue weighted by Gasteiger charge is 2.39. The second-order valence-electron chi connectivity index (χ2n) is 9.20. The molecule has 1 saturated carbocycles. The average molecular weight is 465 g/mol. The molecule has 9 nitrogen and oxygen atoms in total. The minimum atomic E-state index is -4.74. The average Bonchev–Trinajstić information content (AvgIpc) is 3.33. The van der Waals surface area contributed by atoms with Crippen LogP contribution in [-0.4, -0.2) is 47.5 Å². The molecule has 1 amide bonds. The lowest BCUT2D eigenvalue weighted by Crippen LogP contribution is -2.36. The third kappa shape index (κ3) is 4.80. The van der Waals surface area contributed by atoms with Crippen LogP contribution in [-0.2, 0) is 11.7 Å². The van der Waals surface area contributed by atoms with Gasteiger partial charge in [-0.05, 0) is 39.7 Å². The number of carbonyl (C=O) groups excluding carboxylic acids is 1. The largest absolute Gasteiger partial charge is 0.437 e. The molecule has 3 heterocycles. The molecule has 0 saturated heterocycles. The first kappa shape index (κ1) is 23.0. The van der Waals surface area contributed by atoms with E-state index in [1.54, 1.807) is 33.0 Å². The number of hydrogen-bond donors (Lipinski definition) is 3. The molecule has 1 aliphatic rings. The van der Waals surface area contributed by atoms with E-state index in [4.69, 9.17) is 0 Å². The maximum atomic E-state index is 13.5. The van der Waals surface area contributed by atoms with Crippen molar-refractivity contribution in [3.8, 4) is 0 Å². The normalized spacial score (nSPS) is 19.6. The molecular formula is C21H26F3N7O2. The number of nitrogens with one attached hydrogen (secondary N) is 2. The first-order valence-corrected chi connectivity index (χ1v) is 10.7. The van der Waals surface area contributed by atoms with Crippen LogP contribution in [0.1, 0.15) is 62.5 Å². The van der Waals surface area contributed by atoms with Crippen molar-refractivity contribution < 1.29 is 23.1 Å². The Bertz CT molecular complexity index is 1160. The van der Waals surface area contributed by atoms with E-state index in [0.717, 1.165) is 30.1 Å². The zero-order valence-electron chi connectivity index (χ0n) is 18.5. The number of aromatic nitrogens is 5. The van der Waals surface area contributed by atoms with E-state index < -0.39 is 35.1 Å². The van der Waals surface area contributed by atoms with Gasteiger partial charge in [-0.15, -0.1) is 0 Å². The summed E-state index contributed by atoms with van der Waals surface area (Å²) in [6.07, 6.45) is 2.21. The van der Waals surface area contributed by atoms with Crippen molar-refractivity contribution in [1.29, 1.82) is 0 Å². The molecule has 178 valence electrons. The number of aliphatic hydroxyl groups excluding tert-OH is 1. The molecule has 0 bridgehead atoms. The van der Waals surface area contributed by atoms with Gasteiger partial charge in [0.1, 0.15) is 11.4 Å². The molecular weight excluding hydrogens is 439 g/mol. The van der Waals surface area contributed by atoms with Crippen LogP contribution in [0.4, 0.5) is 24.7 Å². The van der Waals surface area contributed by atoms with Gasteiger partial charge in [0.25, 0.3) is 5.91 Å². The van der Waals surface area contributed by atoms with Crippen molar-refractivity contribution in [3.63, 3.8) is 0 Å². The first-order chi connectivity index (χ1) is 15.4. The number of rotatable bonds is 4. The van der Waals surface area contributed by atoms with Crippen LogP contribution in [0.3, 0.4) is 0 Å². The fraction of sp³-hybridized carbons (Fsp3) is 0.524. The smallest absolute Gasteiger partial charge is 0.391 e. The van der Waals surface area contributed by atoms with Gasteiger partial charge in [-0.25, -0.2) is 9.50 Å². The molecule has 12 heteroatoms. The molecule has 3 N–H and O–H groups in total. The molecule has 33 heavy (non-hydrogen) atoms. The lowest BCUT2D eigenvalue weighted by atomic mass is 9.93. The second-order valence-corrected chi connectivity index (χ2v) is 9.20. The Hall–Kier alpha value is -3.15. The molecule has 0 radical (unpaired) electrons. The maximum Gasteiger partial charge on any atom is 0.437 e. The van der Waals surface area contributed by atoms with E-state index in [1.807, 2.05) is 0 Å². The molecule has 2 atom stereocenters. The summed E-state index contributed by atoms with van der Waals surface area (Å²) in [6.45, 7) is 5.12. The quantitative estimate of drug-likeness (QED) is 0.543. The summed E-state index contributed by atoms with van der Waals surface area (Å²) in [7, 11) is 0. The number of carbonyl (C=O) groups is 1. The van der Waals surface area contributed by atoms with E-state index >= 15 is 0 Å². The summed E-state index contributed by atoms with van der Waals surface area (Å²) in [5, 5.41) is 23.4. The van der Waals surface area contributed by atoms with E-state index in [-0.39, 0.29) is 17.3 Å². The maximum absolute atomic E-state index is 13.5. The lowest BCUT2D eigenvalue weighted by molar-refractivity contribution is -0.141. The van der Waals surface area contributed by atoms with E-state index in [9.17, 15) is 23.1 Å². The van der Waals surface area contributed by atoms with Gasteiger partial charge in [0.15, 0.2) is 11.3 Å². The molecule has 4 rings (SSSR count). The van der Waals surface area contributed by atoms with E-state index in [2.05, 4.69) is 25.8 Å².